The van der Waals surface area contributed by atoms with Gasteiger partial charge in [-0.05, 0) is 145 Å². The summed E-state index contributed by atoms with van der Waals surface area (Å²) in [5.74, 6) is -21.1. The fourth-order valence-electron chi connectivity index (χ4n) is 14.4. The standard InChI is InChI=1S/C93H143N21O22S4/c1-47(2)38-63(82(125)108-68(45-115)86(129)114-76(52(11)12)91(134)109-69(46-137)92(135)136)105-89(132)74(50(7)8)113-85(128)67(42-71(118)119)107-87(130)72(48(3)4)110-70(117)44-99-78(121)64(39-53-22-17-16-18-23-53)106-90(133)75(51(9)10)112-84(127)66(41-55-43-98-59-25-20-19-24-57(55)59)104-79(122)60(26-21-34-97-93(95)96)101-83(126)65(40-54-27-29-56(116)30-28-54)103-80(123)61(32-36-139-14)102-88(131)73(49(5)6)111-81(124)62(33-37-140-15)100-77(120)58(94)31-35-138-13/h16-20,22-25,27-30,43,47-52,58,60-69,72-76,98,115-116,137H,21,26,31-42,44-46,94H2,1-15H3,(H,99,121)(H,100,120)(H,101,126)(H,102,131)(H,103,123)(H,104,122)(H,105,132)(H,106,133)(H,107,130)(H,108,125)(H,109,134)(H,110,117)(H,111,124)(H,112,127)(H,113,128)(H,114,129)(H,118,119)(H,135,136)(H4,95,96,97)/t58-,60-,61-,62-,63-,64-,65-,66-,67-,68-,69-,72-,73-,74-,75-,76-/m0/s1. The smallest absolute Gasteiger partial charge is 0.327 e. The number of carbonyl (C=O) groups excluding carboxylic acids is 16. The summed E-state index contributed by atoms with van der Waals surface area (Å²) in [5.41, 5.74) is 13.9. The van der Waals surface area contributed by atoms with Crippen LogP contribution in [0.3, 0.4) is 0 Å². The maximum Gasteiger partial charge on any atom is 0.327 e. The van der Waals surface area contributed by atoms with Gasteiger partial charge in [-0.3, -0.25) is 86.9 Å². The summed E-state index contributed by atoms with van der Waals surface area (Å²) in [6.45, 7) is 17.1. The lowest BCUT2D eigenvalue weighted by molar-refractivity contribution is -0.142. The average Bonchev–Trinajstić information content (AvgIpc) is 1.67. The summed E-state index contributed by atoms with van der Waals surface area (Å²) >= 11 is 8.24. The van der Waals surface area contributed by atoms with E-state index < -0.39 is 258 Å². The van der Waals surface area contributed by atoms with Gasteiger partial charge in [0.1, 0.15) is 96.4 Å². The summed E-state index contributed by atoms with van der Waals surface area (Å²) in [6, 6.07) is -2.21. The van der Waals surface area contributed by atoms with E-state index in [2.05, 4.69) is 108 Å². The van der Waals surface area contributed by atoms with Gasteiger partial charge in [-0.25, -0.2) is 4.79 Å². The maximum atomic E-state index is 15.4. The third kappa shape index (κ3) is 41.5. The minimum atomic E-state index is -1.94. The second-order valence-corrected chi connectivity index (χ2v) is 39.4. The Balaban J connectivity index is 1.64. The van der Waals surface area contributed by atoms with Gasteiger partial charge >= 0.3 is 11.9 Å². The van der Waals surface area contributed by atoms with Crippen LogP contribution in [0.4, 0.5) is 0 Å². The lowest BCUT2D eigenvalue weighted by Gasteiger charge is -2.29. The molecule has 47 heteroatoms. The van der Waals surface area contributed by atoms with Gasteiger partial charge < -0.3 is 127 Å². The van der Waals surface area contributed by atoms with E-state index in [1.54, 1.807) is 122 Å². The molecule has 0 unspecified atom stereocenters. The van der Waals surface area contributed by atoms with Crippen LogP contribution in [-0.2, 0) is 106 Å². The Morgan fingerprint density at radius 3 is 1.23 bits per heavy atom. The van der Waals surface area contributed by atoms with Crippen molar-refractivity contribution in [2.24, 2.45) is 47.0 Å². The van der Waals surface area contributed by atoms with Gasteiger partial charge in [0.05, 0.1) is 25.6 Å². The number of nitrogens with one attached hydrogen (secondary N) is 19. The number of para-hydroxylation sites is 1. The van der Waals surface area contributed by atoms with Crippen LogP contribution in [0.2, 0.25) is 0 Å². The number of phenolic OH excluding ortho intramolecular Hbond substituents is 1. The van der Waals surface area contributed by atoms with E-state index in [4.69, 9.17) is 16.9 Å². The number of amides is 16. The SMILES string of the molecule is CSCC[C@H](NC(=O)[C@@H](NC(=O)[C@H](CCSC)NC(=O)[C@@H](N)CCSC)C(C)C)C(=O)N[C@@H](Cc1ccc(O)cc1)C(=O)N[C@@H](CCCNC(=N)N)C(=O)N[C@@H](Cc1c[nH]c2ccccc12)C(=O)N[C@H](C(=O)N[C@@H](Cc1ccccc1)C(=O)NCC(=O)N[C@H](C(=O)N[C@@H](CC(=O)O)C(=O)N[C@H](C(=O)N[C@@H](CC(C)C)C(=O)N[C@@H](CO)C(=O)N[C@H](C(=O)N[C@@H](CS)C(=O)O)C(C)C)C(C)C)C(C)C)C(C)C. The first-order valence-electron chi connectivity index (χ1n) is 46.2. The molecule has 776 valence electrons. The number of carbonyl (C=O) groups is 18. The van der Waals surface area contributed by atoms with E-state index in [0.717, 1.165) is 0 Å². The number of rotatable bonds is 63. The van der Waals surface area contributed by atoms with Crippen molar-refractivity contribution in [2.75, 3.05) is 61.5 Å². The monoisotopic (exact) mass is 2030 g/mol. The third-order valence-electron chi connectivity index (χ3n) is 22.4. The molecular formula is C93H143N21O22S4. The molecule has 1 aromatic heterocycles. The number of aliphatic hydroxyl groups is 1. The van der Waals surface area contributed by atoms with Crippen LogP contribution in [-0.4, -0.2) is 296 Å². The number of H-pyrrole nitrogens is 1. The third-order valence-corrected chi connectivity index (χ3v) is 24.7. The number of aromatic amines is 1. The first kappa shape index (κ1) is 120. The van der Waals surface area contributed by atoms with Crippen LogP contribution in [0.1, 0.15) is 145 Å². The molecule has 0 aliphatic heterocycles. The Morgan fingerprint density at radius 2 is 0.764 bits per heavy atom. The minimum Gasteiger partial charge on any atom is -0.508 e. The molecule has 0 saturated heterocycles. The summed E-state index contributed by atoms with van der Waals surface area (Å²) in [6.07, 6.45) is 5.57. The Labute approximate surface area is 833 Å². The van der Waals surface area contributed by atoms with Crippen molar-refractivity contribution in [3.63, 3.8) is 0 Å². The van der Waals surface area contributed by atoms with Crippen LogP contribution >= 0.6 is 47.9 Å². The summed E-state index contributed by atoms with van der Waals surface area (Å²) in [4.78, 5) is 257. The summed E-state index contributed by atoms with van der Waals surface area (Å²) in [7, 11) is 0. The first-order chi connectivity index (χ1) is 66.1. The Morgan fingerprint density at radius 1 is 0.400 bits per heavy atom. The average molecular weight is 2040 g/mol. The van der Waals surface area contributed by atoms with Crippen molar-refractivity contribution in [1.82, 2.24) is 95.4 Å². The Bertz CT molecular complexity index is 4820. The molecule has 4 rings (SSSR count). The van der Waals surface area contributed by atoms with E-state index in [0.29, 0.717) is 51.3 Å². The Kier molecular flexibility index (Phi) is 52.9. The zero-order chi connectivity index (χ0) is 105. The first-order valence-corrected chi connectivity index (χ1v) is 51.1. The number of thioether (sulfide) groups is 3. The van der Waals surface area contributed by atoms with Crippen LogP contribution in [0, 0.1) is 40.9 Å². The van der Waals surface area contributed by atoms with Gasteiger partial charge in [-0.15, -0.1) is 0 Å². The summed E-state index contributed by atoms with van der Waals surface area (Å²) in [5, 5.41) is 92.8. The number of guanidine groups is 1. The molecule has 140 heavy (non-hydrogen) atoms. The number of aliphatic carboxylic acids is 2. The van der Waals surface area contributed by atoms with E-state index in [-0.39, 0.29) is 75.3 Å². The van der Waals surface area contributed by atoms with Gasteiger partial charge in [0.2, 0.25) is 94.5 Å². The lowest BCUT2D eigenvalue weighted by atomic mass is 9.99. The molecule has 1 heterocycles. The molecule has 0 aliphatic carbocycles. The predicted molar refractivity (Wildman–Crippen MR) is 537 cm³/mol. The van der Waals surface area contributed by atoms with Crippen molar-refractivity contribution in [3.8, 4) is 5.75 Å². The number of benzene rings is 3. The molecule has 3 aromatic carbocycles. The molecule has 0 bridgehead atoms. The number of thiol groups is 1. The van der Waals surface area contributed by atoms with Gasteiger partial charge in [-0.2, -0.15) is 47.9 Å². The van der Waals surface area contributed by atoms with E-state index in [9.17, 15) is 87.5 Å². The number of carboxylic acid groups (broad SMARTS) is 2. The highest BCUT2D eigenvalue weighted by molar-refractivity contribution is 7.99. The number of aromatic nitrogens is 1. The fraction of sp³-hybridized carbons (Fsp3) is 0.581. The Hall–Kier alpha value is -11.9. The van der Waals surface area contributed by atoms with Gasteiger partial charge in [0.25, 0.3) is 0 Å². The van der Waals surface area contributed by atoms with Crippen LogP contribution in [0.5, 0.6) is 5.75 Å². The quantitative estimate of drug-likeness (QED) is 0.0108. The number of fused-ring (bicyclic) bond motifs is 1. The zero-order valence-corrected chi connectivity index (χ0v) is 85.1. The van der Waals surface area contributed by atoms with Gasteiger partial charge in [0.15, 0.2) is 5.96 Å². The van der Waals surface area contributed by atoms with Crippen LogP contribution in [0.15, 0.2) is 85.1 Å². The van der Waals surface area contributed by atoms with Gasteiger partial charge in [-0.1, -0.05) is 144 Å². The molecule has 4 aromatic rings. The zero-order valence-electron chi connectivity index (χ0n) is 81.8. The molecular weight excluding hydrogens is 1890 g/mol. The molecule has 0 radical (unpaired) electrons. The number of hydrogen-bond donors (Lipinski definition) is 26. The number of carboxylic acids is 2. The molecule has 0 aliphatic rings. The normalized spacial score (nSPS) is 14.8. The highest BCUT2D eigenvalue weighted by atomic mass is 32.2. The molecule has 0 saturated carbocycles. The summed E-state index contributed by atoms with van der Waals surface area (Å²) < 4.78 is 0. The predicted octanol–water partition coefficient (Wildman–Crippen LogP) is -1.05. The van der Waals surface area contributed by atoms with Crippen LogP contribution < -0.4 is 102 Å². The van der Waals surface area contributed by atoms with Crippen molar-refractivity contribution in [2.45, 2.75) is 244 Å². The number of nitrogens with two attached hydrogens (primary N) is 2. The lowest BCUT2D eigenvalue weighted by Crippen LogP contribution is -2.62. The number of phenols is 1. The highest BCUT2D eigenvalue weighted by Gasteiger charge is 2.41. The second-order valence-electron chi connectivity index (χ2n) is 36.0. The number of aliphatic hydroxyl groups excluding tert-OH is 1. The van der Waals surface area contributed by atoms with Crippen molar-refractivity contribution in [1.29, 1.82) is 5.41 Å². The van der Waals surface area contributed by atoms with Crippen molar-refractivity contribution >= 4 is 171 Å². The second kappa shape index (κ2) is 61.6. The molecule has 0 spiro atoms. The molecule has 27 N–H and O–H groups in total. The minimum absolute atomic E-state index is 0.00442. The maximum absolute atomic E-state index is 15.4. The number of hydrogen-bond acceptors (Lipinski definition) is 26. The molecule has 0 fully saturated rings. The van der Waals surface area contributed by atoms with Gasteiger partial charge in [0, 0.05) is 48.7 Å². The van der Waals surface area contributed by atoms with E-state index >= 15 is 19.2 Å². The topological polar surface area (TPSA) is 684 Å². The van der Waals surface area contributed by atoms with Crippen molar-refractivity contribution < 1.29 is 107 Å². The fourth-order valence-corrected chi connectivity index (χ4v) is 16.1. The van der Waals surface area contributed by atoms with E-state index in [1.807, 2.05) is 12.5 Å². The van der Waals surface area contributed by atoms with E-state index in [1.165, 1.54) is 87.2 Å². The molecule has 16 amide bonds. The molecule has 16 atom stereocenters. The molecule has 43 nitrogen and oxygen atoms in total. The largest absolute Gasteiger partial charge is 0.508 e. The highest BCUT2D eigenvalue weighted by Crippen LogP contribution is 2.22. The van der Waals surface area contributed by atoms with Crippen LogP contribution in [0.25, 0.3) is 10.9 Å². The van der Waals surface area contributed by atoms with Crippen molar-refractivity contribution in [3.05, 3.63) is 102 Å². The number of aromatic hydroxyl groups is 1.